The number of alkyl halides is 2. The highest BCUT2D eigenvalue weighted by Gasteiger charge is 2.45. The fourth-order valence-corrected chi connectivity index (χ4v) is 5.79. The van der Waals surface area contributed by atoms with Crippen molar-refractivity contribution in [1.82, 2.24) is 0 Å². The van der Waals surface area contributed by atoms with Crippen molar-refractivity contribution in [2.75, 3.05) is 6.61 Å². The molecule has 6 nitrogen and oxygen atoms in total. The van der Waals surface area contributed by atoms with Crippen LogP contribution in [0.3, 0.4) is 0 Å². The predicted molar refractivity (Wildman–Crippen MR) is 123 cm³/mol. The van der Waals surface area contributed by atoms with Crippen LogP contribution in [-0.2, 0) is 16.8 Å². The van der Waals surface area contributed by atoms with Gasteiger partial charge in [0, 0.05) is 39.1 Å². The lowest BCUT2D eigenvalue weighted by molar-refractivity contribution is -0.385. The molecule has 2 aromatic rings. The molecule has 0 aliphatic heterocycles. The minimum atomic E-state index is -0.969. The summed E-state index contributed by atoms with van der Waals surface area (Å²) in [7, 11) is 0. The van der Waals surface area contributed by atoms with Gasteiger partial charge < -0.3 is 9.84 Å². The van der Waals surface area contributed by atoms with E-state index in [0.717, 1.165) is 21.8 Å². The first-order chi connectivity index (χ1) is 14.5. The molecule has 4 atom stereocenters. The highest BCUT2D eigenvalue weighted by Crippen LogP contribution is 2.48. The molecule has 1 aromatic heterocycles. The average Bonchev–Trinajstić information content (AvgIpc) is 3.25. The maximum atomic E-state index is 11.9. The van der Waals surface area contributed by atoms with E-state index in [0.29, 0.717) is 12.0 Å². The Morgan fingerprint density at radius 1 is 1.26 bits per heavy atom. The third-order valence-corrected chi connectivity index (χ3v) is 7.64. The molecule has 0 saturated heterocycles. The number of benzene rings is 1. The minimum absolute atomic E-state index is 0.0585. The number of nitro groups is 1. The lowest BCUT2D eigenvalue weighted by atomic mass is 9.82. The Kier molecular flexibility index (Phi) is 7.31. The summed E-state index contributed by atoms with van der Waals surface area (Å²) < 4.78 is 5.85. The van der Waals surface area contributed by atoms with Crippen molar-refractivity contribution in [2.45, 2.75) is 55.9 Å². The van der Waals surface area contributed by atoms with Gasteiger partial charge in [0.1, 0.15) is 4.88 Å². The molecule has 31 heavy (non-hydrogen) atoms. The molecule has 1 aliphatic rings. The predicted octanol–water partition coefficient (Wildman–Crippen LogP) is 6.19. The van der Waals surface area contributed by atoms with Crippen molar-refractivity contribution in [3.05, 3.63) is 61.3 Å². The maximum absolute atomic E-state index is 11.9. The topological polar surface area (TPSA) is 89.7 Å². The summed E-state index contributed by atoms with van der Waals surface area (Å²) in [6.07, 6.45) is 0.530. The fraction of sp³-hybridized carbons (Fsp3) is 0.500. The smallest absolute Gasteiger partial charge is 0.345 e. The van der Waals surface area contributed by atoms with E-state index in [2.05, 4.69) is 0 Å². The number of thiophene rings is 1. The van der Waals surface area contributed by atoms with Gasteiger partial charge in [0.15, 0.2) is 0 Å². The standard InChI is InChI=1S/C22H25Cl2NO5S/c1-22(2,3)12-4-6-14(18(8-12)25(28)29)20-15(16(23)9-17(20)24)11-30-10-13-5-7-19(31-13)21(26)27/h4-8,15-17,20H,9-11H2,1-3H3,(H,26,27). The minimum Gasteiger partial charge on any atom is -0.477 e. The molecule has 3 rings (SSSR count). The van der Waals surface area contributed by atoms with Crippen molar-refractivity contribution in [3.8, 4) is 0 Å². The highest BCUT2D eigenvalue weighted by molar-refractivity contribution is 7.13. The number of hydrogen-bond donors (Lipinski definition) is 1. The van der Waals surface area contributed by atoms with E-state index >= 15 is 0 Å². The molecule has 0 radical (unpaired) electrons. The molecule has 1 aliphatic carbocycles. The Labute approximate surface area is 195 Å². The molecule has 0 bridgehead atoms. The van der Waals surface area contributed by atoms with Gasteiger partial charge in [-0.05, 0) is 29.5 Å². The zero-order valence-corrected chi connectivity index (χ0v) is 19.8. The summed E-state index contributed by atoms with van der Waals surface area (Å²) in [5, 5.41) is 20.3. The van der Waals surface area contributed by atoms with Crippen LogP contribution >= 0.6 is 34.5 Å². The Bertz CT molecular complexity index is 971. The van der Waals surface area contributed by atoms with Gasteiger partial charge in [0.25, 0.3) is 5.69 Å². The zero-order chi connectivity index (χ0) is 22.9. The molecule has 0 spiro atoms. The van der Waals surface area contributed by atoms with Gasteiger partial charge in [-0.15, -0.1) is 34.5 Å². The van der Waals surface area contributed by atoms with E-state index in [4.69, 9.17) is 33.0 Å². The first-order valence-electron chi connectivity index (χ1n) is 9.95. The number of carbonyl (C=O) groups is 1. The van der Waals surface area contributed by atoms with Gasteiger partial charge in [-0.2, -0.15) is 0 Å². The molecule has 9 heteroatoms. The molecule has 4 unspecified atom stereocenters. The van der Waals surface area contributed by atoms with Crippen LogP contribution in [0.25, 0.3) is 0 Å². The second-order valence-corrected chi connectivity index (χ2v) is 11.1. The van der Waals surface area contributed by atoms with Crippen molar-refractivity contribution >= 4 is 46.2 Å². The summed E-state index contributed by atoms with van der Waals surface area (Å²) in [4.78, 5) is 23.6. The van der Waals surface area contributed by atoms with Gasteiger partial charge >= 0.3 is 5.97 Å². The first-order valence-corrected chi connectivity index (χ1v) is 11.6. The Hall–Kier alpha value is -1.67. The summed E-state index contributed by atoms with van der Waals surface area (Å²) in [5.41, 5.74) is 1.31. The Balaban J connectivity index is 1.81. The van der Waals surface area contributed by atoms with Crippen LogP contribution in [0.15, 0.2) is 30.3 Å². The molecular formula is C22H25Cl2NO5S. The van der Waals surface area contributed by atoms with Crippen molar-refractivity contribution in [2.24, 2.45) is 5.92 Å². The Morgan fingerprint density at radius 3 is 2.55 bits per heavy atom. The van der Waals surface area contributed by atoms with E-state index in [1.54, 1.807) is 24.3 Å². The van der Waals surface area contributed by atoms with E-state index in [-0.39, 0.29) is 56.7 Å². The quantitative estimate of drug-likeness (QED) is 0.287. The fourth-order valence-electron chi connectivity index (χ4n) is 3.98. The van der Waals surface area contributed by atoms with Crippen molar-refractivity contribution < 1.29 is 19.6 Å². The van der Waals surface area contributed by atoms with Crippen molar-refractivity contribution in [3.63, 3.8) is 0 Å². The molecule has 1 fully saturated rings. The monoisotopic (exact) mass is 485 g/mol. The van der Waals surface area contributed by atoms with Crippen molar-refractivity contribution in [1.29, 1.82) is 0 Å². The number of halogens is 2. The van der Waals surface area contributed by atoms with Crippen LogP contribution in [0.2, 0.25) is 0 Å². The van der Waals surface area contributed by atoms with E-state index in [1.807, 2.05) is 26.8 Å². The number of hydrogen-bond acceptors (Lipinski definition) is 5. The molecule has 1 aromatic carbocycles. The number of ether oxygens (including phenoxy) is 1. The molecular weight excluding hydrogens is 461 g/mol. The summed E-state index contributed by atoms with van der Waals surface area (Å²) in [5.74, 6) is -1.47. The zero-order valence-electron chi connectivity index (χ0n) is 17.5. The first kappa shape index (κ1) is 24.0. The number of aromatic carboxylic acids is 1. The van der Waals surface area contributed by atoms with Gasteiger partial charge in [0.2, 0.25) is 0 Å². The highest BCUT2D eigenvalue weighted by atomic mass is 35.5. The van der Waals surface area contributed by atoms with Gasteiger partial charge in [-0.1, -0.05) is 32.9 Å². The van der Waals surface area contributed by atoms with Gasteiger partial charge in [-0.25, -0.2) is 4.79 Å². The number of rotatable bonds is 7. The lowest BCUT2D eigenvalue weighted by Gasteiger charge is -2.25. The largest absolute Gasteiger partial charge is 0.477 e. The normalized spacial score (nSPS) is 23.8. The van der Waals surface area contributed by atoms with Crippen LogP contribution in [0.5, 0.6) is 0 Å². The second-order valence-electron chi connectivity index (χ2n) is 8.82. The van der Waals surface area contributed by atoms with Gasteiger partial charge in [0.05, 0.1) is 18.1 Å². The van der Waals surface area contributed by atoms with Crippen LogP contribution in [0.1, 0.15) is 58.8 Å². The molecule has 1 N–H and O–H groups in total. The van der Waals surface area contributed by atoms with E-state index in [1.165, 1.54) is 0 Å². The summed E-state index contributed by atoms with van der Waals surface area (Å²) in [6.45, 7) is 6.57. The lowest BCUT2D eigenvalue weighted by Crippen LogP contribution is -2.23. The molecule has 0 amide bonds. The van der Waals surface area contributed by atoms with Crippen LogP contribution in [0.4, 0.5) is 5.69 Å². The molecule has 1 heterocycles. The maximum Gasteiger partial charge on any atom is 0.345 e. The third kappa shape index (κ3) is 5.40. The third-order valence-electron chi connectivity index (χ3n) is 5.65. The number of nitro benzene ring substituents is 1. The van der Waals surface area contributed by atoms with Crippen LogP contribution < -0.4 is 0 Å². The summed E-state index contributed by atoms with van der Waals surface area (Å²) >= 11 is 14.3. The number of carboxylic acid groups (broad SMARTS) is 1. The second kappa shape index (κ2) is 9.45. The van der Waals surface area contributed by atoms with Gasteiger partial charge in [-0.3, -0.25) is 10.1 Å². The number of nitrogens with zero attached hydrogens (tertiary/aromatic N) is 1. The Morgan fingerprint density at radius 2 is 1.97 bits per heavy atom. The average molecular weight is 486 g/mol. The number of carboxylic acids is 1. The van der Waals surface area contributed by atoms with E-state index in [9.17, 15) is 14.9 Å². The summed E-state index contributed by atoms with van der Waals surface area (Å²) in [6, 6.07) is 8.63. The van der Waals surface area contributed by atoms with Crippen LogP contribution in [-0.4, -0.2) is 33.4 Å². The van der Waals surface area contributed by atoms with Crippen LogP contribution in [0, 0.1) is 16.0 Å². The molecule has 1 saturated carbocycles. The van der Waals surface area contributed by atoms with E-state index < -0.39 is 5.97 Å². The molecule has 168 valence electrons. The SMILES string of the molecule is CC(C)(C)c1ccc(C2C(Cl)CC(Cl)C2COCc2ccc(C(=O)O)s2)c([N+](=O)[O-])c1.